The lowest BCUT2D eigenvalue weighted by Gasteiger charge is -2.06. The van der Waals surface area contributed by atoms with E-state index in [0.717, 1.165) is 16.1 Å². The zero-order chi connectivity index (χ0) is 21.0. The normalized spacial score (nSPS) is 11.4. The highest BCUT2D eigenvalue weighted by Gasteiger charge is 2.16. The molecule has 29 heavy (non-hydrogen) atoms. The van der Waals surface area contributed by atoms with Crippen LogP contribution in [-0.2, 0) is 22.3 Å². The van der Waals surface area contributed by atoms with Crippen molar-refractivity contribution in [1.82, 2.24) is 15.0 Å². The third-order valence-electron chi connectivity index (χ3n) is 4.22. The number of halogens is 1. The number of nitrogens with one attached hydrogen (secondary N) is 2. The van der Waals surface area contributed by atoms with E-state index >= 15 is 0 Å². The predicted molar refractivity (Wildman–Crippen MR) is 117 cm³/mol. The summed E-state index contributed by atoms with van der Waals surface area (Å²) in [5, 5.41) is 4.24. The van der Waals surface area contributed by atoms with Gasteiger partial charge in [0.15, 0.2) is 0 Å². The van der Waals surface area contributed by atoms with Crippen molar-refractivity contribution in [2.24, 2.45) is 0 Å². The number of nitrogens with zero attached hydrogens (tertiary/aromatic N) is 1. The number of hydrogen-bond acceptors (Lipinski definition) is 5. The van der Waals surface area contributed by atoms with Gasteiger partial charge in [0.1, 0.15) is 9.88 Å². The Labute approximate surface area is 179 Å². The Morgan fingerprint density at radius 1 is 1.14 bits per heavy atom. The van der Waals surface area contributed by atoms with E-state index < -0.39 is 10.0 Å². The fourth-order valence-corrected chi connectivity index (χ4v) is 4.60. The van der Waals surface area contributed by atoms with Gasteiger partial charge < -0.3 is 5.32 Å². The van der Waals surface area contributed by atoms with Crippen molar-refractivity contribution in [1.29, 1.82) is 0 Å². The largest absolute Gasteiger partial charge is 0.347 e. The highest BCUT2D eigenvalue weighted by Crippen LogP contribution is 2.29. The van der Waals surface area contributed by atoms with Gasteiger partial charge in [-0.15, -0.1) is 11.3 Å². The number of sulfonamides is 1. The maximum absolute atomic E-state index is 12.6. The Morgan fingerprint density at radius 2 is 1.83 bits per heavy atom. The van der Waals surface area contributed by atoms with E-state index in [-0.39, 0.29) is 11.7 Å². The van der Waals surface area contributed by atoms with Crippen molar-refractivity contribution < 1.29 is 13.2 Å². The average molecular weight is 450 g/mol. The third-order valence-corrected chi connectivity index (χ3v) is 6.99. The van der Waals surface area contributed by atoms with Crippen molar-refractivity contribution in [3.05, 3.63) is 75.3 Å². The molecule has 0 spiro atoms. The van der Waals surface area contributed by atoms with Crippen LogP contribution in [0.25, 0.3) is 10.6 Å². The number of aromatic nitrogens is 1. The van der Waals surface area contributed by atoms with Crippen LogP contribution >= 0.6 is 22.9 Å². The molecule has 3 aromatic rings. The first-order valence-electron chi connectivity index (χ1n) is 8.78. The smallest absolute Gasteiger partial charge is 0.263 e. The van der Waals surface area contributed by atoms with Crippen LogP contribution in [0.3, 0.4) is 0 Å². The molecule has 0 radical (unpaired) electrons. The van der Waals surface area contributed by atoms with Crippen LogP contribution in [0.15, 0.2) is 48.5 Å². The number of benzene rings is 2. The van der Waals surface area contributed by atoms with Gasteiger partial charge >= 0.3 is 0 Å². The van der Waals surface area contributed by atoms with Gasteiger partial charge in [0.05, 0.1) is 11.4 Å². The average Bonchev–Trinajstić information content (AvgIpc) is 3.09. The highest BCUT2D eigenvalue weighted by atomic mass is 35.5. The van der Waals surface area contributed by atoms with E-state index in [1.807, 2.05) is 18.2 Å². The Balaban J connectivity index is 1.65. The lowest BCUT2D eigenvalue weighted by atomic mass is 10.1. The maximum Gasteiger partial charge on any atom is 0.263 e. The predicted octanol–water partition coefficient (Wildman–Crippen LogP) is 3.75. The summed E-state index contributed by atoms with van der Waals surface area (Å²) in [6, 6.07) is 14.4. The second kappa shape index (κ2) is 9.04. The van der Waals surface area contributed by atoms with Crippen LogP contribution in [0.4, 0.5) is 0 Å². The molecule has 152 valence electrons. The van der Waals surface area contributed by atoms with Crippen LogP contribution in [0.1, 0.15) is 26.5 Å². The van der Waals surface area contributed by atoms with E-state index in [2.05, 4.69) is 15.0 Å². The quantitative estimate of drug-likeness (QED) is 0.575. The summed E-state index contributed by atoms with van der Waals surface area (Å²) in [6.45, 7) is 2.14. The summed E-state index contributed by atoms with van der Waals surface area (Å²) in [7, 11) is -1.92. The Kier molecular flexibility index (Phi) is 6.69. The summed E-state index contributed by atoms with van der Waals surface area (Å²) in [5.74, 6) is -0.280. The highest BCUT2D eigenvalue weighted by molar-refractivity contribution is 7.88. The number of hydrogen-bond donors (Lipinski definition) is 2. The van der Waals surface area contributed by atoms with Crippen molar-refractivity contribution >= 4 is 38.9 Å². The monoisotopic (exact) mass is 449 g/mol. The lowest BCUT2D eigenvalue weighted by molar-refractivity contribution is 0.0954. The Hall–Kier alpha value is -2.26. The molecule has 0 aliphatic heterocycles. The maximum atomic E-state index is 12.6. The fourth-order valence-electron chi connectivity index (χ4n) is 2.66. The Bertz CT molecular complexity index is 1130. The summed E-state index contributed by atoms with van der Waals surface area (Å²) in [6.07, 6.45) is 0. The van der Waals surface area contributed by atoms with Gasteiger partial charge in [0.2, 0.25) is 10.0 Å². The van der Waals surface area contributed by atoms with Crippen molar-refractivity contribution in [2.75, 3.05) is 7.05 Å². The van der Waals surface area contributed by atoms with Gasteiger partial charge in [-0.1, -0.05) is 48.0 Å². The molecule has 6 nitrogen and oxygen atoms in total. The molecule has 1 amide bonds. The van der Waals surface area contributed by atoms with Gasteiger partial charge in [-0.25, -0.2) is 18.1 Å². The van der Waals surface area contributed by atoms with E-state index in [0.29, 0.717) is 27.7 Å². The molecular weight excluding hydrogens is 430 g/mol. The lowest BCUT2D eigenvalue weighted by Crippen LogP contribution is -2.22. The minimum atomic E-state index is -3.31. The Morgan fingerprint density at radius 3 is 2.48 bits per heavy atom. The van der Waals surface area contributed by atoms with E-state index in [9.17, 15) is 13.2 Å². The standard InChI is InChI=1S/C20H20ClN3O3S2/c1-13-18(28-20(24-13)16-4-3-5-17(21)10-16)19(25)23-11-14-6-8-15(9-7-14)12-29(26,27)22-2/h3-10,22H,11-12H2,1-2H3,(H,23,25). The molecule has 0 atom stereocenters. The molecule has 0 aliphatic carbocycles. The van der Waals surface area contributed by atoms with Gasteiger partial charge in [-0.05, 0) is 37.2 Å². The van der Waals surface area contributed by atoms with Crippen LogP contribution in [0, 0.1) is 6.92 Å². The number of carbonyl (C=O) groups excluding carboxylic acids is 1. The molecule has 3 rings (SSSR count). The number of aryl methyl sites for hydroxylation is 1. The minimum absolute atomic E-state index is 0.0809. The molecule has 9 heteroatoms. The number of thiazole rings is 1. The molecule has 2 N–H and O–H groups in total. The SMILES string of the molecule is CNS(=O)(=O)Cc1ccc(CNC(=O)c2sc(-c3cccc(Cl)c3)nc2C)cc1. The molecule has 0 fully saturated rings. The van der Waals surface area contributed by atoms with Crippen LogP contribution in [0.5, 0.6) is 0 Å². The number of amides is 1. The van der Waals surface area contributed by atoms with Gasteiger partial charge in [-0.3, -0.25) is 4.79 Å². The van der Waals surface area contributed by atoms with Crippen molar-refractivity contribution in [3.63, 3.8) is 0 Å². The summed E-state index contributed by atoms with van der Waals surface area (Å²) in [4.78, 5) is 17.6. The topological polar surface area (TPSA) is 88.2 Å². The third kappa shape index (κ3) is 5.63. The molecule has 0 aliphatic rings. The minimum Gasteiger partial charge on any atom is -0.347 e. The zero-order valence-electron chi connectivity index (χ0n) is 15.9. The number of rotatable bonds is 7. The molecular formula is C20H20ClN3O3S2. The van der Waals surface area contributed by atoms with Gasteiger partial charge in [0.25, 0.3) is 5.91 Å². The first kappa shape index (κ1) is 21.4. The zero-order valence-corrected chi connectivity index (χ0v) is 18.3. The first-order valence-corrected chi connectivity index (χ1v) is 11.6. The summed E-state index contributed by atoms with van der Waals surface area (Å²) in [5.41, 5.74) is 3.09. The van der Waals surface area contributed by atoms with Gasteiger partial charge in [-0.2, -0.15) is 0 Å². The van der Waals surface area contributed by atoms with Gasteiger partial charge in [0, 0.05) is 17.1 Å². The molecule has 0 saturated heterocycles. The van der Waals surface area contributed by atoms with E-state index in [4.69, 9.17) is 11.6 Å². The second-order valence-corrected chi connectivity index (χ2v) is 9.77. The molecule has 0 unspecified atom stereocenters. The fraction of sp³-hybridized carbons (Fsp3) is 0.200. The summed E-state index contributed by atoms with van der Waals surface area (Å²) >= 11 is 7.36. The van der Waals surface area contributed by atoms with Crippen LogP contribution < -0.4 is 10.0 Å². The van der Waals surface area contributed by atoms with E-state index in [1.165, 1.54) is 18.4 Å². The first-order chi connectivity index (χ1) is 13.8. The molecule has 1 aromatic heterocycles. The summed E-state index contributed by atoms with van der Waals surface area (Å²) < 4.78 is 25.5. The second-order valence-electron chi connectivity index (χ2n) is 6.41. The molecule has 2 aromatic carbocycles. The van der Waals surface area contributed by atoms with Crippen molar-refractivity contribution in [2.45, 2.75) is 19.2 Å². The molecule has 0 bridgehead atoms. The molecule has 0 saturated carbocycles. The molecule has 1 heterocycles. The van der Waals surface area contributed by atoms with Crippen LogP contribution in [-0.4, -0.2) is 26.4 Å². The van der Waals surface area contributed by atoms with Crippen LogP contribution in [0.2, 0.25) is 5.02 Å². The van der Waals surface area contributed by atoms with Crippen molar-refractivity contribution in [3.8, 4) is 10.6 Å². The van der Waals surface area contributed by atoms with E-state index in [1.54, 1.807) is 37.3 Å². The number of carbonyl (C=O) groups is 1.